The fraction of sp³-hybridized carbons (Fsp3) is 0.500. The van der Waals surface area contributed by atoms with Crippen molar-refractivity contribution < 1.29 is 22.3 Å². The van der Waals surface area contributed by atoms with Gasteiger partial charge in [0.25, 0.3) is 0 Å². The van der Waals surface area contributed by atoms with Crippen molar-refractivity contribution in [3.8, 4) is 0 Å². The van der Waals surface area contributed by atoms with E-state index in [-0.39, 0.29) is 24.5 Å². The van der Waals surface area contributed by atoms with Crippen LogP contribution in [0.4, 0.5) is 4.39 Å². The van der Waals surface area contributed by atoms with E-state index in [0.29, 0.717) is 19.4 Å². The van der Waals surface area contributed by atoms with Crippen LogP contribution < -0.4 is 10.0 Å². The maximum Gasteiger partial charge on any atom is 0.342 e. The maximum atomic E-state index is 13.9. The number of rotatable bonds is 4. The highest BCUT2D eigenvalue weighted by Gasteiger charge is 2.29. The van der Waals surface area contributed by atoms with Crippen molar-refractivity contribution >= 4 is 28.4 Å². The highest BCUT2D eigenvalue weighted by Crippen LogP contribution is 2.21. The van der Waals surface area contributed by atoms with Gasteiger partial charge >= 0.3 is 5.97 Å². The predicted molar refractivity (Wildman–Crippen MR) is 85.8 cm³/mol. The number of piperidine rings is 1. The van der Waals surface area contributed by atoms with E-state index < -0.39 is 32.3 Å². The van der Waals surface area contributed by atoms with Crippen molar-refractivity contribution in [2.45, 2.75) is 36.7 Å². The quantitative estimate of drug-likeness (QED) is 0.788. The fourth-order valence-electron chi connectivity index (χ4n) is 2.55. The van der Waals surface area contributed by atoms with E-state index in [9.17, 15) is 17.6 Å². The van der Waals surface area contributed by atoms with E-state index in [1.54, 1.807) is 0 Å². The van der Waals surface area contributed by atoms with E-state index in [1.807, 2.05) is 6.92 Å². The molecule has 1 aliphatic heterocycles. The van der Waals surface area contributed by atoms with Gasteiger partial charge in [0.05, 0.1) is 12.0 Å². The van der Waals surface area contributed by atoms with Gasteiger partial charge in [-0.3, -0.25) is 0 Å². The topological polar surface area (TPSA) is 84.5 Å². The molecule has 1 saturated heterocycles. The van der Waals surface area contributed by atoms with Crippen LogP contribution in [0, 0.1) is 5.82 Å². The van der Waals surface area contributed by atoms with Crippen LogP contribution in [-0.2, 0) is 14.8 Å². The van der Waals surface area contributed by atoms with Crippen molar-refractivity contribution in [2.24, 2.45) is 0 Å². The van der Waals surface area contributed by atoms with Crippen LogP contribution in [0.25, 0.3) is 0 Å². The van der Waals surface area contributed by atoms with Crippen LogP contribution in [0.15, 0.2) is 23.1 Å². The van der Waals surface area contributed by atoms with Crippen molar-refractivity contribution in [3.63, 3.8) is 0 Å². The molecule has 0 aromatic heterocycles. The lowest BCUT2D eigenvalue weighted by atomic mass is 10.0. The number of hydrogen-bond donors (Lipinski definition) is 2. The van der Waals surface area contributed by atoms with Gasteiger partial charge in [-0.2, -0.15) is 0 Å². The average molecular weight is 367 g/mol. The summed E-state index contributed by atoms with van der Waals surface area (Å²) in [4.78, 5) is 11.3. The second-order valence-corrected chi connectivity index (χ2v) is 6.98. The molecule has 130 valence electrons. The molecule has 2 atom stereocenters. The largest absolute Gasteiger partial charge is 0.465 e. The Balaban J connectivity index is 0.00000264. The molecule has 23 heavy (non-hydrogen) atoms. The molecule has 1 fully saturated rings. The minimum Gasteiger partial charge on any atom is -0.465 e. The highest BCUT2D eigenvalue weighted by molar-refractivity contribution is 7.89. The third-order valence-corrected chi connectivity index (χ3v) is 5.16. The summed E-state index contributed by atoms with van der Waals surface area (Å²) in [5, 5.41) is 3.22. The standard InChI is InChI=1S/C14H19FN2O4S.ClH/c1-9-8-10(6-7-16-9)17-22(19,20)12-5-3-4-11(15)13(12)14(18)21-2;/h3-5,9-10,16-17H,6-8H2,1-2H3;1H. The number of halogens is 2. The summed E-state index contributed by atoms with van der Waals surface area (Å²) in [6, 6.07) is 3.41. The summed E-state index contributed by atoms with van der Waals surface area (Å²) in [5.74, 6) is -1.94. The Morgan fingerprint density at radius 3 is 2.74 bits per heavy atom. The van der Waals surface area contributed by atoms with Gasteiger partial charge in [-0.05, 0) is 38.4 Å². The number of carbonyl (C=O) groups is 1. The molecule has 6 nitrogen and oxygen atoms in total. The number of ether oxygens (including phenoxy) is 1. The fourth-order valence-corrected chi connectivity index (χ4v) is 4.04. The predicted octanol–water partition coefficient (Wildman–Crippen LogP) is 1.45. The molecule has 1 aromatic carbocycles. The molecule has 2 rings (SSSR count). The van der Waals surface area contributed by atoms with E-state index in [0.717, 1.165) is 13.2 Å². The molecule has 1 heterocycles. The Morgan fingerprint density at radius 1 is 1.43 bits per heavy atom. The Morgan fingerprint density at radius 2 is 2.13 bits per heavy atom. The summed E-state index contributed by atoms with van der Waals surface area (Å²) in [6.07, 6.45) is 1.26. The minimum absolute atomic E-state index is 0. The van der Waals surface area contributed by atoms with Crippen LogP contribution in [0.2, 0.25) is 0 Å². The number of hydrogen-bond acceptors (Lipinski definition) is 5. The Kier molecular flexibility index (Phi) is 6.94. The molecule has 1 aliphatic rings. The lowest BCUT2D eigenvalue weighted by Gasteiger charge is -2.28. The zero-order valence-electron chi connectivity index (χ0n) is 12.8. The van der Waals surface area contributed by atoms with Crippen molar-refractivity contribution in [3.05, 3.63) is 29.6 Å². The normalized spacial score (nSPS) is 21.3. The van der Waals surface area contributed by atoms with E-state index in [4.69, 9.17) is 0 Å². The van der Waals surface area contributed by atoms with Gasteiger partial charge in [-0.15, -0.1) is 12.4 Å². The molecule has 0 aliphatic carbocycles. The van der Waals surface area contributed by atoms with Gasteiger partial charge in [0.1, 0.15) is 11.4 Å². The number of carbonyl (C=O) groups excluding carboxylic acids is 1. The zero-order valence-corrected chi connectivity index (χ0v) is 14.5. The summed E-state index contributed by atoms with van der Waals surface area (Å²) in [7, 11) is -2.93. The number of benzene rings is 1. The SMILES string of the molecule is COC(=O)c1c(F)cccc1S(=O)(=O)NC1CCNC(C)C1.Cl. The molecule has 2 unspecified atom stereocenters. The first-order chi connectivity index (χ1) is 10.3. The Hall–Kier alpha value is -1.22. The lowest BCUT2D eigenvalue weighted by molar-refractivity contribution is 0.0590. The first kappa shape index (κ1) is 19.8. The van der Waals surface area contributed by atoms with Crippen LogP contribution in [0.5, 0.6) is 0 Å². The smallest absolute Gasteiger partial charge is 0.342 e. The summed E-state index contributed by atoms with van der Waals surface area (Å²) >= 11 is 0. The molecule has 0 saturated carbocycles. The summed E-state index contributed by atoms with van der Waals surface area (Å²) in [5.41, 5.74) is -0.570. The third-order valence-electron chi connectivity index (χ3n) is 3.60. The lowest BCUT2D eigenvalue weighted by Crippen LogP contribution is -2.46. The average Bonchev–Trinajstić information content (AvgIpc) is 2.45. The zero-order chi connectivity index (χ0) is 16.3. The molecule has 0 radical (unpaired) electrons. The highest BCUT2D eigenvalue weighted by atomic mass is 35.5. The molecule has 0 bridgehead atoms. The van der Waals surface area contributed by atoms with Crippen LogP contribution >= 0.6 is 12.4 Å². The number of sulfonamides is 1. The third kappa shape index (κ3) is 4.63. The van der Waals surface area contributed by atoms with Gasteiger partial charge in [-0.1, -0.05) is 6.07 Å². The molecule has 1 aromatic rings. The summed E-state index contributed by atoms with van der Waals surface area (Å²) < 4.78 is 45.9. The molecular formula is C14H20ClFN2O4S. The molecule has 0 amide bonds. The van der Waals surface area contributed by atoms with Crippen LogP contribution in [0.1, 0.15) is 30.1 Å². The molecule has 9 heteroatoms. The number of nitrogens with one attached hydrogen (secondary N) is 2. The molecule has 2 N–H and O–H groups in total. The maximum absolute atomic E-state index is 13.9. The van der Waals surface area contributed by atoms with E-state index in [1.165, 1.54) is 12.1 Å². The van der Waals surface area contributed by atoms with Crippen molar-refractivity contribution in [1.82, 2.24) is 10.0 Å². The van der Waals surface area contributed by atoms with Gasteiger partial charge in [-0.25, -0.2) is 22.3 Å². The Bertz CT molecular complexity index is 669. The van der Waals surface area contributed by atoms with Gasteiger partial charge in [0, 0.05) is 12.1 Å². The summed E-state index contributed by atoms with van der Waals surface area (Å²) in [6.45, 7) is 2.66. The van der Waals surface area contributed by atoms with Gasteiger partial charge in [0.15, 0.2) is 0 Å². The first-order valence-corrected chi connectivity index (χ1v) is 8.46. The van der Waals surface area contributed by atoms with Gasteiger partial charge in [0.2, 0.25) is 10.0 Å². The first-order valence-electron chi connectivity index (χ1n) is 6.97. The van der Waals surface area contributed by atoms with Crippen molar-refractivity contribution in [2.75, 3.05) is 13.7 Å². The van der Waals surface area contributed by atoms with E-state index in [2.05, 4.69) is 14.8 Å². The van der Waals surface area contributed by atoms with Crippen LogP contribution in [-0.4, -0.2) is 40.1 Å². The number of methoxy groups -OCH3 is 1. The van der Waals surface area contributed by atoms with E-state index >= 15 is 0 Å². The second-order valence-electron chi connectivity index (χ2n) is 5.30. The minimum atomic E-state index is -4.01. The second kappa shape index (κ2) is 8.05. The monoisotopic (exact) mass is 366 g/mol. The van der Waals surface area contributed by atoms with Gasteiger partial charge < -0.3 is 10.1 Å². The van der Waals surface area contributed by atoms with Crippen LogP contribution in [0.3, 0.4) is 0 Å². The van der Waals surface area contributed by atoms with Crippen molar-refractivity contribution in [1.29, 1.82) is 0 Å². The number of esters is 1. The molecular weight excluding hydrogens is 347 g/mol. The Labute approximate surface area is 141 Å². The molecule has 0 spiro atoms.